The molecule has 0 bridgehead atoms. The summed E-state index contributed by atoms with van der Waals surface area (Å²) >= 11 is 0. The SMILES string of the molecule is CCC(C)(C)C1CCC(CN)C(N2CCC(COC)C2)C1. The highest BCUT2D eigenvalue weighted by Gasteiger charge is 2.40. The van der Waals surface area contributed by atoms with Crippen molar-refractivity contribution >= 4 is 0 Å². The van der Waals surface area contributed by atoms with Crippen LogP contribution in [0, 0.1) is 23.2 Å². The minimum atomic E-state index is 0.476. The van der Waals surface area contributed by atoms with E-state index < -0.39 is 0 Å². The lowest BCUT2D eigenvalue weighted by atomic mass is 9.65. The van der Waals surface area contributed by atoms with E-state index >= 15 is 0 Å². The van der Waals surface area contributed by atoms with Crippen molar-refractivity contribution in [2.45, 2.75) is 58.9 Å². The zero-order valence-corrected chi connectivity index (χ0v) is 14.6. The number of hydrogen-bond donors (Lipinski definition) is 1. The summed E-state index contributed by atoms with van der Waals surface area (Å²) in [6.45, 7) is 11.5. The van der Waals surface area contributed by atoms with Gasteiger partial charge in [0.1, 0.15) is 0 Å². The van der Waals surface area contributed by atoms with Crippen molar-refractivity contribution < 1.29 is 4.74 Å². The maximum Gasteiger partial charge on any atom is 0.0503 e. The number of hydrogen-bond acceptors (Lipinski definition) is 3. The van der Waals surface area contributed by atoms with Gasteiger partial charge in [0.15, 0.2) is 0 Å². The summed E-state index contributed by atoms with van der Waals surface area (Å²) in [6, 6.07) is 0.710. The molecule has 0 spiro atoms. The van der Waals surface area contributed by atoms with Crippen molar-refractivity contribution in [3.05, 3.63) is 0 Å². The molecule has 2 N–H and O–H groups in total. The zero-order valence-electron chi connectivity index (χ0n) is 14.6. The summed E-state index contributed by atoms with van der Waals surface area (Å²) in [6.07, 6.45) is 6.62. The van der Waals surface area contributed by atoms with Crippen LogP contribution in [0.15, 0.2) is 0 Å². The molecule has 21 heavy (non-hydrogen) atoms. The summed E-state index contributed by atoms with van der Waals surface area (Å²) in [4.78, 5) is 2.74. The van der Waals surface area contributed by atoms with Gasteiger partial charge in [0.2, 0.25) is 0 Å². The highest BCUT2D eigenvalue weighted by atomic mass is 16.5. The first-order valence-corrected chi connectivity index (χ1v) is 8.94. The summed E-state index contributed by atoms with van der Waals surface area (Å²) in [5, 5.41) is 0. The molecule has 124 valence electrons. The van der Waals surface area contributed by atoms with E-state index in [1.807, 2.05) is 7.11 Å². The van der Waals surface area contributed by atoms with E-state index in [1.165, 1.54) is 45.2 Å². The summed E-state index contributed by atoms with van der Waals surface area (Å²) in [7, 11) is 1.83. The summed E-state index contributed by atoms with van der Waals surface area (Å²) < 4.78 is 5.36. The second-order valence-corrected chi connectivity index (χ2v) is 8.02. The van der Waals surface area contributed by atoms with Gasteiger partial charge in [0.25, 0.3) is 0 Å². The highest BCUT2D eigenvalue weighted by Crippen LogP contribution is 2.44. The van der Waals surface area contributed by atoms with E-state index in [4.69, 9.17) is 10.5 Å². The van der Waals surface area contributed by atoms with Crippen molar-refractivity contribution in [3.63, 3.8) is 0 Å². The predicted octanol–water partition coefficient (Wildman–Crippen LogP) is 3.13. The fourth-order valence-corrected chi connectivity index (χ4v) is 4.47. The van der Waals surface area contributed by atoms with Gasteiger partial charge in [-0.3, -0.25) is 4.90 Å². The monoisotopic (exact) mass is 296 g/mol. The van der Waals surface area contributed by atoms with E-state index in [0.717, 1.165) is 25.0 Å². The van der Waals surface area contributed by atoms with E-state index in [0.29, 0.717) is 17.4 Å². The van der Waals surface area contributed by atoms with Crippen LogP contribution in [0.25, 0.3) is 0 Å². The molecule has 2 fully saturated rings. The van der Waals surface area contributed by atoms with Gasteiger partial charge in [-0.2, -0.15) is 0 Å². The minimum absolute atomic E-state index is 0.476. The molecule has 4 unspecified atom stereocenters. The summed E-state index contributed by atoms with van der Waals surface area (Å²) in [5.74, 6) is 2.29. The molecule has 3 nitrogen and oxygen atoms in total. The first-order valence-electron chi connectivity index (χ1n) is 8.94. The fraction of sp³-hybridized carbons (Fsp3) is 1.00. The lowest BCUT2D eigenvalue weighted by molar-refractivity contribution is 0.0448. The molecule has 0 aromatic carbocycles. The van der Waals surface area contributed by atoms with Gasteiger partial charge in [-0.1, -0.05) is 27.2 Å². The average molecular weight is 296 g/mol. The smallest absolute Gasteiger partial charge is 0.0503 e. The highest BCUT2D eigenvalue weighted by molar-refractivity contribution is 4.94. The van der Waals surface area contributed by atoms with E-state index in [2.05, 4.69) is 25.7 Å². The Kier molecular flexibility index (Phi) is 6.10. The first kappa shape index (κ1) is 17.2. The van der Waals surface area contributed by atoms with Crippen molar-refractivity contribution in [3.8, 4) is 0 Å². The van der Waals surface area contributed by atoms with Gasteiger partial charge in [0, 0.05) is 19.7 Å². The molecule has 0 aromatic heterocycles. The van der Waals surface area contributed by atoms with Gasteiger partial charge in [-0.15, -0.1) is 0 Å². The van der Waals surface area contributed by atoms with E-state index in [-0.39, 0.29) is 0 Å². The third-order valence-corrected chi connectivity index (χ3v) is 6.46. The molecule has 0 radical (unpaired) electrons. The number of likely N-dealkylation sites (tertiary alicyclic amines) is 1. The lowest BCUT2D eigenvalue weighted by Gasteiger charge is -2.46. The Morgan fingerprint density at radius 2 is 2.00 bits per heavy atom. The minimum Gasteiger partial charge on any atom is -0.384 e. The Labute approximate surface area is 131 Å². The average Bonchev–Trinajstić information content (AvgIpc) is 2.95. The largest absolute Gasteiger partial charge is 0.384 e. The standard InChI is InChI=1S/C18H36N2O/c1-5-18(2,3)16-7-6-15(11-19)17(10-16)20-9-8-14(12-20)13-21-4/h14-17H,5-13,19H2,1-4H3. The van der Waals surface area contributed by atoms with Crippen LogP contribution in [0.2, 0.25) is 0 Å². The summed E-state index contributed by atoms with van der Waals surface area (Å²) in [5.41, 5.74) is 6.57. The predicted molar refractivity (Wildman–Crippen MR) is 89.3 cm³/mol. The van der Waals surface area contributed by atoms with Gasteiger partial charge < -0.3 is 10.5 Å². The van der Waals surface area contributed by atoms with Gasteiger partial charge in [0.05, 0.1) is 6.61 Å². The number of nitrogens with zero attached hydrogens (tertiary/aromatic N) is 1. The Hall–Kier alpha value is -0.120. The van der Waals surface area contributed by atoms with Gasteiger partial charge >= 0.3 is 0 Å². The molecule has 3 heteroatoms. The molecule has 1 aliphatic carbocycles. The quantitative estimate of drug-likeness (QED) is 0.818. The topological polar surface area (TPSA) is 38.5 Å². The molecule has 1 saturated heterocycles. The second-order valence-electron chi connectivity index (χ2n) is 8.02. The van der Waals surface area contributed by atoms with Crippen LogP contribution in [0.3, 0.4) is 0 Å². The zero-order chi connectivity index (χ0) is 15.5. The lowest BCUT2D eigenvalue weighted by Crippen LogP contribution is -2.48. The van der Waals surface area contributed by atoms with Crippen LogP contribution in [0.1, 0.15) is 52.9 Å². The van der Waals surface area contributed by atoms with Crippen LogP contribution in [0.5, 0.6) is 0 Å². The second kappa shape index (κ2) is 7.43. The van der Waals surface area contributed by atoms with Crippen molar-refractivity contribution in [2.75, 3.05) is 33.4 Å². The molecular weight excluding hydrogens is 260 g/mol. The molecule has 1 heterocycles. The molecule has 1 saturated carbocycles. The molecule has 1 aliphatic heterocycles. The molecule has 0 amide bonds. The molecule has 0 aromatic rings. The Bertz CT molecular complexity index is 318. The van der Waals surface area contributed by atoms with Gasteiger partial charge in [-0.25, -0.2) is 0 Å². The van der Waals surface area contributed by atoms with Crippen LogP contribution in [-0.4, -0.2) is 44.3 Å². The molecule has 2 aliphatic rings. The van der Waals surface area contributed by atoms with Crippen LogP contribution < -0.4 is 5.73 Å². The Balaban J connectivity index is 2.00. The van der Waals surface area contributed by atoms with Crippen molar-refractivity contribution in [1.82, 2.24) is 4.90 Å². The molecular formula is C18H36N2O. The maximum atomic E-state index is 6.09. The van der Waals surface area contributed by atoms with E-state index in [9.17, 15) is 0 Å². The Morgan fingerprint density at radius 1 is 1.24 bits per heavy atom. The van der Waals surface area contributed by atoms with Crippen molar-refractivity contribution in [2.24, 2.45) is 28.9 Å². The number of rotatable bonds is 6. The van der Waals surface area contributed by atoms with Crippen LogP contribution in [-0.2, 0) is 4.74 Å². The molecule has 2 rings (SSSR count). The van der Waals surface area contributed by atoms with Gasteiger partial charge in [-0.05, 0) is 61.9 Å². The number of methoxy groups -OCH3 is 1. The van der Waals surface area contributed by atoms with Crippen LogP contribution in [0.4, 0.5) is 0 Å². The molecule has 4 atom stereocenters. The van der Waals surface area contributed by atoms with Crippen molar-refractivity contribution in [1.29, 1.82) is 0 Å². The maximum absolute atomic E-state index is 6.09. The Morgan fingerprint density at radius 3 is 2.62 bits per heavy atom. The first-order chi connectivity index (χ1) is 10.0. The third-order valence-electron chi connectivity index (χ3n) is 6.46. The van der Waals surface area contributed by atoms with E-state index in [1.54, 1.807) is 0 Å². The normalized spacial score (nSPS) is 35.3. The number of nitrogens with two attached hydrogens (primary N) is 1. The third kappa shape index (κ3) is 4.00. The fourth-order valence-electron chi connectivity index (χ4n) is 4.47. The van der Waals surface area contributed by atoms with Crippen LogP contribution >= 0.6 is 0 Å². The number of ether oxygens (including phenoxy) is 1.